The second-order valence-electron chi connectivity index (χ2n) is 6.54. The molecule has 1 aromatic heterocycles. The Labute approximate surface area is 162 Å². The maximum absolute atomic E-state index is 13.9. The number of hydrogen-bond acceptors (Lipinski definition) is 4. The zero-order valence-corrected chi connectivity index (χ0v) is 15.7. The maximum atomic E-state index is 13.9. The molecule has 1 aliphatic heterocycles. The zero-order chi connectivity index (χ0) is 18.6. The molecule has 2 heterocycles. The Morgan fingerprint density at radius 1 is 1.04 bits per heavy atom. The summed E-state index contributed by atoms with van der Waals surface area (Å²) in [6.07, 6.45) is 0. The Morgan fingerprint density at radius 3 is 2.59 bits per heavy atom. The average Bonchev–Trinajstić information content (AvgIpc) is 2.70. The number of morpholine rings is 1. The molecule has 0 amide bonds. The number of rotatable bonds is 5. The van der Waals surface area contributed by atoms with E-state index in [0.29, 0.717) is 37.0 Å². The van der Waals surface area contributed by atoms with E-state index in [4.69, 9.17) is 16.3 Å². The van der Waals surface area contributed by atoms with Gasteiger partial charge in [0.15, 0.2) is 0 Å². The number of nitrogens with zero attached hydrogens (tertiary/aromatic N) is 2. The van der Waals surface area contributed by atoms with Crippen LogP contribution >= 0.6 is 11.6 Å². The van der Waals surface area contributed by atoms with Crippen LogP contribution in [0.3, 0.4) is 0 Å². The number of hydrogen-bond donors (Lipinski definition) is 1. The number of pyridine rings is 1. The molecule has 27 heavy (non-hydrogen) atoms. The predicted octanol–water partition coefficient (Wildman–Crippen LogP) is 4.15. The first-order chi connectivity index (χ1) is 13.2. The summed E-state index contributed by atoms with van der Waals surface area (Å²) in [4.78, 5) is 6.87. The van der Waals surface area contributed by atoms with Crippen molar-refractivity contribution in [2.24, 2.45) is 0 Å². The van der Waals surface area contributed by atoms with E-state index in [0.717, 1.165) is 35.2 Å². The van der Waals surface area contributed by atoms with E-state index in [1.165, 1.54) is 6.07 Å². The molecule has 0 saturated carbocycles. The summed E-state index contributed by atoms with van der Waals surface area (Å²) in [5.74, 6) is -0.207. The van der Waals surface area contributed by atoms with Crippen LogP contribution in [-0.4, -0.2) is 31.3 Å². The first-order valence-corrected chi connectivity index (χ1v) is 9.46. The lowest BCUT2D eigenvalue weighted by molar-refractivity contribution is 0.122. The van der Waals surface area contributed by atoms with Crippen molar-refractivity contribution in [3.05, 3.63) is 70.6 Å². The van der Waals surface area contributed by atoms with Gasteiger partial charge in [-0.1, -0.05) is 48.0 Å². The Balaban J connectivity index is 1.66. The first kappa shape index (κ1) is 18.2. The van der Waals surface area contributed by atoms with Gasteiger partial charge in [0.25, 0.3) is 0 Å². The van der Waals surface area contributed by atoms with Gasteiger partial charge >= 0.3 is 0 Å². The van der Waals surface area contributed by atoms with Crippen molar-refractivity contribution in [1.82, 2.24) is 10.3 Å². The van der Waals surface area contributed by atoms with E-state index < -0.39 is 0 Å². The molecule has 0 spiro atoms. The Bertz CT molecular complexity index is 944. The molecule has 3 aromatic rings. The van der Waals surface area contributed by atoms with E-state index in [9.17, 15) is 4.39 Å². The smallest absolute Gasteiger partial charge is 0.136 e. The number of benzene rings is 2. The van der Waals surface area contributed by atoms with Crippen LogP contribution in [-0.2, 0) is 17.8 Å². The standard InChI is InChI=1S/C21H21ClFN3O/c22-21-17(14-24-13-15-5-1-3-7-18(15)23)20(26-9-11-27-12-10-26)16-6-2-4-8-19(16)25-21/h1-8,24H,9-14H2. The van der Waals surface area contributed by atoms with Gasteiger partial charge in [-0.3, -0.25) is 0 Å². The lowest BCUT2D eigenvalue weighted by atomic mass is 10.1. The predicted molar refractivity (Wildman–Crippen MR) is 107 cm³/mol. The molecule has 0 unspecified atom stereocenters. The monoisotopic (exact) mass is 385 g/mol. The quantitative estimate of drug-likeness (QED) is 0.669. The fourth-order valence-electron chi connectivity index (χ4n) is 3.47. The molecule has 0 radical (unpaired) electrons. The topological polar surface area (TPSA) is 37.4 Å². The highest BCUT2D eigenvalue weighted by Crippen LogP contribution is 2.34. The molecular weight excluding hydrogens is 365 g/mol. The third kappa shape index (κ3) is 3.90. The van der Waals surface area contributed by atoms with E-state index in [2.05, 4.69) is 21.3 Å². The lowest BCUT2D eigenvalue weighted by Crippen LogP contribution is -2.37. The highest BCUT2D eigenvalue weighted by molar-refractivity contribution is 6.31. The third-order valence-corrected chi connectivity index (χ3v) is 5.13. The number of fused-ring (bicyclic) bond motifs is 1. The minimum Gasteiger partial charge on any atom is -0.378 e. The van der Waals surface area contributed by atoms with Gasteiger partial charge in [0.2, 0.25) is 0 Å². The number of aromatic nitrogens is 1. The molecule has 2 aromatic carbocycles. The zero-order valence-electron chi connectivity index (χ0n) is 14.9. The summed E-state index contributed by atoms with van der Waals surface area (Å²) in [6.45, 7) is 3.94. The van der Waals surface area contributed by atoms with Crippen molar-refractivity contribution in [3.63, 3.8) is 0 Å². The van der Waals surface area contributed by atoms with Crippen molar-refractivity contribution in [2.45, 2.75) is 13.1 Å². The number of halogens is 2. The molecular formula is C21H21ClFN3O. The molecule has 1 N–H and O–H groups in total. The fraction of sp³-hybridized carbons (Fsp3) is 0.286. The number of anilines is 1. The van der Waals surface area contributed by atoms with Crippen molar-refractivity contribution < 1.29 is 9.13 Å². The molecule has 0 atom stereocenters. The van der Waals surface area contributed by atoms with Crippen LogP contribution < -0.4 is 10.2 Å². The summed E-state index contributed by atoms with van der Waals surface area (Å²) in [5.41, 5.74) is 3.54. The van der Waals surface area contributed by atoms with Gasteiger partial charge in [-0.05, 0) is 12.1 Å². The Kier molecular flexibility index (Phi) is 5.53. The van der Waals surface area contributed by atoms with Crippen LogP contribution in [0.5, 0.6) is 0 Å². The normalized spacial score (nSPS) is 14.7. The summed E-state index contributed by atoms with van der Waals surface area (Å²) in [6, 6.07) is 14.8. The van der Waals surface area contributed by atoms with Gasteiger partial charge in [0, 0.05) is 42.7 Å². The average molecular weight is 386 g/mol. The lowest BCUT2D eigenvalue weighted by Gasteiger charge is -2.32. The Morgan fingerprint density at radius 2 is 1.78 bits per heavy atom. The minimum atomic E-state index is -0.207. The highest BCUT2D eigenvalue weighted by Gasteiger charge is 2.21. The second-order valence-corrected chi connectivity index (χ2v) is 6.90. The fourth-order valence-corrected chi connectivity index (χ4v) is 3.72. The molecule has 0 aliphatic carbocycles. The molecule has 1 fully saturated rings. The maximum Gasteiger partial charge on any atom is 0.136 e. The number of ether oxygens (including phenoxy) is 1. The number of para-hydroxylation sites is 1. The van der Waals surface area contributed by atoms with E-state index in [1.807, 2.05) is 24.3 Å². The van der Waals surface area contributed by atoms with Crippen LogP contribution in [0.25, 0.3) is 10.9 Å². The summed E-state index contributed by atoms with van der Waals surface area (Å²) >= 11 is 6.56. The van der Waals surface area contributed by atoms with Crippen LogP contribution in [0, 0.1) is 5.82 Å². The van der Waals surface area contributed by atoms with Gasteiger partial charge in [-0.2, -0.15) is 0 Å². The van der Waals surface area contributed by atoms with E-state index in [-0.39, 0.29) is 5.82 Å². The Hall–Kier alpha value is -2.21. The minimum absolute atomic E-state index is 0.207. The molecule has 4 nitrogen and oxygen atoms in total. The molecule has 6 heteroatoms. The molecule has 4 rings (SSSR count). The van der Waals surface area contributed by atoms with Gasteiger partial charge in [0.1, 0.15) is 11.0 Å². The van der Waals surface area contributed by atoms with Gasteiger partial charge in [0.05, 0.1) is 24.4 Å². The van der Waals surface area contributed by atoms with Crippen molar-refractivity contribution >= 4 is 28.2 Å². The van der Waals surface area contributed by atoms with Crippen molar-refractivity contribution in [2.75, 3.05) is 31.2 Å². The largest absolute Gasteiger partial charge is 0.378 e. The summed E-state index contributed by atoms with van der Waals surface area (Å²) in [5, 5.41) is 4.88. The first-order valence-electron chi connectivity index (χ1n) is 9.08. The van der Waals surface area contributed by atoms with Crippen LogP contribution in [0.2, 0.25) is 5.15 Å². The van der Waals surface area contributed by atoms with Gasteiger partial charge in [-0.15, -0.1) is 0 Å². The van der Waals surface area contributed by atoms with Gasteiger partial charge in [-0.25, -0.2) is 9.37 Å². The van der Waals surface area contributed by atoms with Crippen molar-refractivity contribution in [1.29, 1.82) is 0 Å². The van der Waals surface area contributed by atoms with Crippen LogP contribution in [0.4, 0.5) is 10.1 Å². The van der Waals surface area contributed by atoms with E-state index in [1.54, 1.807) is 12.1 Å². The molecule has 1 saturated heterocycles. The molecule has 0 bridgehead atoms. The SMILES string of the molecule is Fc1ccccc1CNCc1c(Cl)nc2ccccc2c1N1CCOCC1. The van der Waals surface area contributed by atoms with E-state index >= 15 is 0 Å². The molecule has 140 valence electrons. The van der Waals surface area contributed by atoms with Crippen molar-refractivity contribution in [3.8, 4) is 0 Å². The molecule has 1 aliphatic rings. The highest BCUT2D eigenvalue weighted by atomic mass is 35.5. The summed E-state index contributed by atoms with van der Waals surface area (Å²) in [7, 11) is 0. The number of nitrogens with one attached hydrogen (secondary N) is 1. The van der Waals surface area contributed by atoms with Crippen LogP contribution in [0.1, 0.15) is 11.1 Å². The second kappa shape index (κ2) is 8.21. The third-order valence-electron chi connectivity index (χ3n) is 4.82. The van der Waals surface area contributed by atoms with Gasteiger partial charge < -0.3 is 15.0 Å². The van der Waals surface area contributed by atoms with Crippen LogP contribution in [0.15, 0.2) is 48.5 Å². The summed E-state index contributed by atoms with van der Waals surface area (Å²) < 4.78 is 19.4.